The van der Waals surface area contributed by atoms with Crippen molar-refractivity contribution in [3.05, 3.63) is 34.9 Å². The fourth-order valence-corrected chi connectivity index (χ4v) is 5.46. The molecule has 172 valence electrons. The van der Waals surface area contributed by atoms with E-state index in [1.807, 2.05) is 0 Å². The average Bonchev–Trinajstić information content (AvgIpc) is 3.32. The van der Waals surface area contributed by atoms with Gasteiger partial charge in [0.25, 0.3) is 11.8 Å². The van der Waals surface area contributed by atoms with Crippen molar-refractivity contribution in [3.63, 3.8) is 0 Å². The van der Waals surface area contributed by atoms with Crippen LogP contribution in [0.1, 0.15) is 45.5 Å². The Morgan fingerprint density at radius 1 is 1.09 bits per heavy atom. The molecule has 0 aromatic heterocycles. The van der Waals surface area contributed by atoms with Crippen LogP contribution in [0.3, 0.4) is 0 Å². The third-order valence-corrected chi connectivity index (χ3v) is 7.11. The van der Waals surface area contributed by atoms with Gasteiger partial charge in [-0.3, -0.25) is 39.0 Å². The SMILES string of the molecule is O=C1CCC(N2C(=O)c3cccc(CNC(=O)[C@H]4C[C@@H]5C(=O)C4C(O)[C@@H]5O)c3C2=O)C(=O)N1. The van der Waals surface area contributed by atoms with E-state index in [1.165, 1.54) is 6.07 Å². The van der Waals surface area contributed by atoms with Crippen LogP contribution >= 0.6 is 0 Å². The molecule has 5 rings (SSSR count). The molecule has 3 unspecified atom stereocenters. The summed E-state index contributed by atoms with van der Waals surface area (Å²) in [5, 5.41) is 24.7. The number of aliphatic hydroxyl groups excluding tert-OH is 2. The highest BCUT2D eigenvalue weighted by Gasteiger charge is 2.60. The van der Waals surface area contributed by atoms with Crippen LogP contribution < -0.4 is 10.6 Å². The van der Waals surface area contributed by atoms with Crippen LogP contribution in [0, 0.1) is 17.8 Å². The van der Waals surface area contributed by atoms with Crippen molar-refractivity contribution in [2.24, 2.45) is 17.8 Å². The zero-order valence-electron chi connectivity index (χ0n) is 17.3. The predicted molar refractivity (Wildman–Crippen MR) is 107 cm³/mol. The summed E-state index contributed by atoms with van der Waals surface area (Å²) in [4.78, 5) is 75.4. The van der Waals surface area contributed by atoms with Gasteiger partial charge in [-0.05, 0) is 24.5 Å². The van der Waals surface area contributed by atoms with Gasteiger partial charge in [0, 0.05) is 18.9 Å². The van der Waals surface area contributed by atoms with Crippen molar-refractivity contribution >= 4 is 35.3 Å². The first-order valence-corrected chi connectivity index (χ1v) is 10.7. The second kappa shape index (κ2) is 7.56. The summed E-state index contributed by atoms with van der Waals surface area (Å²) >= 11 is 0. The Labute approximate surface area is 187 Å². The third-order valence-electron chi connectivity index (χ3n) is 7.11. The Kier molecular flexibility index (Phi) is 4.91. The maximum Gasteiger partial charge on any atom is 0.262 e. The Morgan fingerprint density at radius 3 is 2.52 bits per heavy atom. The fraction of sp³-hybridized carbons (Fsp3) is 0.455. The highest BCUT2D eigenvalue weighted by molar-refractivity contribution is 6.24. The monoisotopic (exact) mass is 455 g/mol. The number of imide groups is 2. The number of Topliss-reactive ketones (excluding diaryl/α,β-unsaturated/α-hetero) is 1. The molecule has 6 atom stereocenters. The molecule has 1 aromatic carbocycles. The lowest BCUT2D eigenvalue weighted by Gasteiger charge is -2.28. The predicted octanol–water partition coefficient (Wildman–Crippen LogP) is -1.74. The summed E-state index contributed by atoms with van der Waals surface area (Å²) in [7, 11) is 0. The van der Waals surface area contributed by atoms with Crippen molar-refractivity contribution in [2.75, 3.05) is 0 Å². The van der Waals surface area contributed by atoms with E-state index in [0.717, 1.165) is 4.90 Å². The van der Waals surface area contributed by atoms with Crippen molar-refractivity contribution in [1.82, 2.24) is 15.5 Å². The zero-order valence-corrected chi connectivity index (χ0v) is 17.3. The highest BCUT2D eigenvalue weighted by atomic mass is 16.3. The van der Waals surface area contributed by atoms with Crippen molar-refractivity contribution in [2.45, 2.75) is 44.1 Å². The smallest absolute Gasteiger partial charge is 0.262 e. The number of benzene rings is 1. The molecule has 0 spiro atoms. The van der Waals surface area contributed by atoms with E-state index < -0.39 is 65.5 Å². The normalized spacial score (nSPS) is 32.9. The summed E-state index contributed by atoms with van der Waals surface area (Å²) in [5.41, 5.74) is 0.543. The van der Waals surface area contributed by atoms with Crippen LogP contribution in [0.2, 0.25) is 0 Å². The van der Waals surface area contributed by atoms with Gasteiger partial charge in [-0.15, -0.1) is 0 Å². The molecule has 33 heavy (non-hydrogen) atoms. The lowest BCUT2D eigenvalue weighted by atomic mass is 9.84. The zero-order chi connectivity index (χ0) is 23.6. The number of nitrogens with zero attached hydrogens (tertiary/aromatic N) is 1. The first-order chi connectivity index (χ1) is 15.7. The minimum absolute atomic E-state index is 0.00947. The Bertz CT molecular complexity index is 1130. The maximum absolute atomic E-state index is 13.1. The molecule has 11 nitrogen and oxygen atoms in total. The molecule has 4 aliphatic rings. The number of hydrogen-bond acceptors (Lipinski definition) is 8. The van der Waals surface area contributed by atoms with E-state index in [4.69, 9.17) is 0 Å². The number of aliphatic hydroxyl groups is 2. The summed E-state index contributed by atoms with van der Waals surface area (Å²) < 4.78 is 0. The van der Waals surface area contributed by atoms with Gasteiger partial charge < -0.3 is 15.5 Å². The highest BCUT2D eigenvalue weighted by Crippen LogP contribution is 2.46. The van der Waals surface area contributed by atoms with Gasteiger partial charge >= 0.3 is 0 Å². The number of nitrogens with one attached hydrogen (secondary N) is 2. The van der Waals surface area contributed by atoms with Gasteiger partial charge in [0.2, 0.25) is 17.7 Å². The summed E-state index contributed by atoms with van der Waals surface area (Å²) in [6, 6.07) is 3.49. The van der Waals surface area contributed by atoms with Crippen LogP contribution in [0.15, 0.2) is 18.2 Å². The van der Waals surface area contributed by atoms with Crippen molar-refractivity contribution in [1.29, 1.82) is 0 Å². The van der Waals surface area contributed by atoms with E-state index >= 15 is 0 Å². The molecular weight excluding hydrogens is 434 g/mol. The molecule has 1 saturated heterocycles. The van der Waals surface area contributed by atoms with E-state index in [2.05, 4.69) is 10.6 Å². The van der Waals surface area contributed by atoms with Crippen LogP contribution in [0.5, 0.6) is 0 Å². The molecule has 2 aliphatic heterocycles. The van der Waals surface area contributed by atoms with Crippen LogP contribution in [-0.4, -0.2) is 68.7 Å². The summed E-state index contributed by atoms with van der Waals surface area (Å²) in [5.74, 6) is -5.81. The molecule has 2 aliphatic carbocycles. The van der Waals surface area contributed by atoms with Gasteiger partial charge in [0.05, 0.1) is 35.2 Å². The van der Waals surface area contributed by atoms with Crippen molar-refractivity contribution < 1.29 is 39.0 Å². The van der Waals surface area contributed by atoms with Gasteiger partial charge in [-0.2, -0.15) is 0 Å². The molecule has 5 amide bonds. The van der Waals surface area contributed by atoms with Crippen LogP contribution in [0.25, 0.3) is 0 Å². The molecule has 0 radical (unpaired) electrons. The molecule has 2 saturated carbocycles. The lowest BCUT2D eigenvalue weighted by molar-refractivity contribution is -0.136. The minimum atomic E-state index is -1.28. The van der Waals surface area contributed by atoms with Crippen molar-refractivity contribution in [3.8, 4) is 0 Å². The quantitative estimate of drug-likeness (QED) is 0.388. The lowest BCUT2D eigenvalue weighted by Crippen LogP contribution is -2.54. The van der Waals surface area contributed by atoms with Gasteiger partial charge in [0.15, 0.2) is 0 Å². The first-order valence-electron chi connectivity index (χ1n) is 10.7. The van der Waals surface area contributed by atoms with Gasteiger partial charge in [-0.25, -0.2) is 0 Å². The number of fused-ring (bicyclic) bond motifs is 3. The standard InChI is InChI=1S/C22H21N3O8/c26-13-5-4-12(20(31)24-13)25-21(32)9-3-1-2-8(14(9)22(25)33)7-23-19(30)10-6-11-16(27)15(10)18(29)17(11)28/h1-3,10-12,15,17-18,28-29H,4-7H2,(H,23,30)(H,24,26,31)/t10-,11+,12?,15?,17+,18?/m0/s1. The molecule has 4 N–H and O–H groups in total. The second-order valence-corrected chi connectivity index (χ2v) is 8.86. The van der Waals surface area contributed by atoms with Gasteiger partial charge in [0.1, 0.15) is 11.8 Å². The largest absolute Gasteiger partial charge is 0.390 e. The number of hydrogen-bond donors (Lipinski definition) is 4. The molecule has 2 heterocycles. The molecule has 2 bridgehead atoms. The average molecular weight is 455 g/mol. The third kappa shape index (κ3) is 3.10. The van der Waals surface area contributed by atoms with E-state index in [0.29, 0.717) is 5.56 Å². The number of ketones is 1. The molecular formula is C22H21N3O8. The Hall–Kier alpha value is -3.44. The molecule has 3 fully saturated rings. The number of carbonyl (C=O) groups is 6. The maximum atomic E-state index is 13.1. The first kappa shape index (κ1) is 21.4. The number of piperidine rings is 1. The molecule has 11 heteroatoms. The molecule has 1 aromatic rings. The number of carbonyl (C=O) groups excluding carboxylic acids is 6. The topological polar surface area (TPSA) is 170 Å². The number of rotatable bonds is 4. The Balaban J connectivity index is 1.33. The van der Waals surface area contributed by atoms with Gasteiger partial charge in [-0.1, -0.05) is 12.1 Å². The number of amides is 5. The Morgan fingerprint density at radius 2 is 1.85 bits per heavy atom. The fourth-order valence-electron chi connectivity index (χ4n) is 5.46. The minimum Gasteiger partial charge on any atom is -0.390 e. The summed E-state index contributed by atoms with van der Waals surface area (Å²) in [6.07, 6.45) is -2.26. The van der Waals surface area contributed by atoms with E-state index in [9.17, 15) is 39.0 Å². The van der Waals surface area contributed by atoms with Crippen LogP contribution in [-0.2, 0) is 25.7 Å². The second-order valence-electron chi connectivity index (χ2n) is 8.86. The van der Waals surface area contributed by atoms with E-state index in [1.54, 1.807) is 12.1 Å². The van der Waals surface area contributed by atoms with Crippen LogP contribution in [0.4, 0.5) is 0 Å². The summed E-state index contributed by atoms with van der Waals surface area (Å²) in [6.45, 7) is -0.106. The van der Waals surface area contributed by atoms with E-state index in [-0.39, 0.29) is 42.7 Å².